The van der Waals surface area contributed by atoms with E-state index in [1.165, 1.54) is 13.2 Å². The van der Waals surface area contributed by atoms with E-state index in [2.05, 4.69) is 5.32 Å². The van der Waals surface area contributed by atoms with Gasteiger partial charge in [-0.3, -0.25) is 4.79 Å². The number of ether oxygens (including phenoxy) is 1. The summed E-state index contributed by atoms with van der Waals surface area (Å²) in [6.07, 6.45) is 2.35. The van der Waals surface area contributed by atoms with Crippen molar-refractivity contribution in [2.75, 3.05) is 13.7 Å². The van der Waals surface area contributed by atoms with E-state index in [0.717, 1.165) is 12.8 Å². The van der Waals surface area contributed by atoms with Crippen molar-refractivity contribution < 1.29 is 14.6 Å². The van der Waals surface area contributed by atoms with Crippen LogP contribution < -0.4 is 15.8 Å². The third kappa shape index (κ3) is 5.13. The number of phenolic OH excluding ortho intramolecular Hbond substituents is 1. The quantitative estimate of drug-likeness (QED) is 0.522. The van der Waals surface area contributed by atoms with Gasteiger partial charge in [0.1, 0.15) is 0 Å². The molecule has 0 aromatic heterocycles. The standard InChI is InChI=1S/C13H18N2O3S/c1-18-11-6-5-9(8-10(11)16)13(17)15-7-3-2-4-12(14)19/h5-6,8,16H,2-4,7H2,1H3,(H2,14,19)(H,15,17). The summed E-state index contributed by atoms with van der Waals surface area (Å²) >= 11 is 4.76. The summed E-state index contributed by atoms with van der Waals surface area (Å²) < 4.78 is 4.91. The zero-order valence-electron chi connectivity index (χ0n) is 10.8. The molecule has 104 valence electrons. The molecule has 1 amide bonds. The highest BCUT2D eigenvalue weighted by Gasteiger charge is 2.08. The summed E-state index contributed by atoms with van der Waals surface area (Å²) in [5.41, 5.74) is 5.77. The molecule has 0 spiro atoms. The van der Waals surface area contributed by atoms with E-state index in [9.17, 15) is 9.90 Å². The minimum Gasteiger partial charge on any atom is -0.504 e. The lowest BCUT2D eigenvalue weighted by molar-refractivity contribution is 0.0952. The Bertz CT molecular complexity index is 463. The summed E-state index contributed by atoms with van der Waals surface area (Å²) in [5, 5.41) is 12.3. The molecule has 1 aromatic carbocycles. The Morgan fingerprint density at radius 1 is 1.47 bits per heavy atom. The fraction of sp³-hybridized carbons (Fsp3) is 0.385. The van der Waals surface area contributed by atoms with Gasteiger partial charge in [0.25, 0.3) is 5.91 Å². The molecule has 0 aliphatic heterocycles. The number of nitrogens with two attached hydrogens (primary N) is 1. The third-order valence-electron chi connectivity index (χ3n) is 2.58. The molecular weight excluding hydrogens is 264 g/mol. The van der Waals surface area contributed by atoms with E-state index >= 15 is 0 Å². The lowest BCUT2D eigenvalue weighted by Crippen LogP contribution is -2.24. The van der Waals surface area contributed by atoms with Crippen LogP contribution in [0.1, 0.15) is 29.6 Å². The number of unbranched alkanes of at least 4 members (excludes halogenated alkanes) is 1. The first kappa shape index (κ1) is 15.2. The van der Waals surface area contributed by atoms with Gasteiger partial charge in [0.15, 0.2) is 11.5 Å². The van der Waals surface area contributed by atoms with E-state index in [4.69, 9.17) is 22.7 Å². The molecule has 0 heterocycles. The fourth-order valence-corrected chi connectivity index (χ4v) is 1.70. The number of carbonyl (C=O) groups excluding carboxylic acids is 1. The minimum absolute atomic E-state index is 0.0522. The summed E-state index contributed by atoms with van der Waals surface area (Å²) in [6, 6.07) is 4.53. The van der Waals surface area contributed by atoms with Crippen molar-refractivity contribution in [2.45, 2.75) is 19.3 Å². The molecular formula is C13H18N2O3S. The fourth-order valence-electron chi connectivity index (χ4n) is 1.56. The number of rotatable bonds is 7. The largest absolute Gasteiger partial charge is 0.504 e. The Kier molecular flexibility index (Phi) is 6.08. The molecule has 0 bridgehead atoms. The Morgan fingerprint density at radius 2 is 2.21 bits per heavy atom. The van der Waals surface area contributed by atoms with Crippen LogP contribution in [-0.2, 0) is 0 Å². The Labute approximate surface area is 117 Å². The van der Waals surface area contributed by atoms with Crippen molar-refractivity contribution in [3.05, 3.63) is 23.8 Å². The van der Waals surface area contributed by atoms with Gasteiger partial charge >= 0.3 is 0 Å². The first-order chi connectivity index (χ1) is 9.04. The maximum atomic E-state index is 11.8. The maximum absolute atomic E-state index is 11.8. The second kappa shape index (κ2) is 7.58. The van der Waals surface area contributed by atoms with Crippen LogP contribution in [0, 0.1) is 0 Å². The molecule has 0 atom stereocenters. The zero-order valence-corrected chi connectivity index (χ0v) is 11.6. The van der Waals surface area contributed by atoms with Crippen LogP contribution in [0.4, 0.5) is 0 Å². The number of nitrogens with one attached hydrogen (secondary N) is 1. The lowest BCUT2D eigenvalue weighted by atomic mass is 10.2. The Hall–Kier alpha value is -1.82. The number of carbonyl (C=O) groups is 1. The smallest absolute Gasteiger partial charge is 0.251 e. The van der Waals surface area contributed by atoms with Gasteiger partial charge in [0.2, 0.25) is 0 Å². The van der Waals surface area contributed by atoms with Crippen molar-refractivity contribution in [3.8, 4) is 11.5 Å². The molecule has 0 saturated heterocycles. The van der Waals surface area contributed by atoms with Crippen molar-refractivity contribution in [2.24, 2.45) is 5.73 Å². The molecule has 0 aliphatic carbocycles. The number of benzene rings is 1. The maximum Gasteiger partial charge on any atom is 0.251 e. The minimum atomic E-state index is -0.228. The molecule has 0 saturated carbocycles. The number of amides is 1. The van der Waals surface area contributed by atoms with Crippen LogP contribution in [0.15, 0.2) is 18.2 Å². The number of methoxy groups -OCH3 is 1. The highest BCUT2D eigenvalue weighted by molar-refractivity contribution is 7.80. The zero-order chi connectivity index (χ0) is 14.3. The van der Waals surface area contributed by atoms with Gasteiger partial charge in [-0.05, 0) is 37.5 Å². The summed E-state index contributed by atoms with van der Waals surface area (Å²) in [6.45, 7) is 0.550. The number of phenols is 1. The molecule has 5 nitrogen and oxygen atoms in total. The van der Waals surface area contributed by atoms with Gasteiger partial charge in [0, 0.05) is 12.1 Å². The molecule has 19 heavy (non-hydrogen) atoms. The molecule has 0 aliphatic rings. The number of aromatic hydroxyl groups is 1. The van der Waals surface area contributed by atoms with Gasteiger partial charge in [-0.2, -0.15) is 0 Å². The molecule has 1 rings (SSSR count). The van der Waals surface area contributed by atoms with E-state index in [0.29, 0.717) is 29.3 Å². The average molecular weight is 282 g/mol. The molecule has 6 heteroatoms. The van der Waals surface area contributed by atoms with Crippen molar-refractivity contribution in [3.63, 3.8) is 0 Å². The normalized spacial score (nSPS) is 9.95. The van der Waals surface area contributed by atoms with Crippen LogP contribution in [0.2, 0.25) is 0 Å². The van der Waals surface area contributed by atoms with Crippen molar-refractivity contribution in [1.82, 2.24) is 5.32 Å². The van der Waals surface area contributed by atoms with Gasteiger partial charge in [0.05, 0.1) is 12.1 Å². The summed E-state index contributed by atoms with van der Waals surface area (Å²) in [4.78, 5) is 12.3. The van der Waals surface area contributed by atoms with Crippen LogP contribution in [0.5, 0.6) is 11.5 Å². The van der Waals surface area contributed by atoms with Crippen molar-refractivity contribution in [1.29, 1.82) is 0 Å². The predicted octanol–water partition coefficient (Wildman–Crippen LogP) is 1.59. The Balaban J connectivity index is 2.41. The molecule has 1 aromatic rings. The Morgan fingerprint density at radius 3 is 2.79 bits per heavy atom. The number of hydrogen-bond donors (Lipinski definition) is 3. The van der Waals surface area contributed by atoms with Crippen molar-refractivity contribution >= 4 is 23.1 Å². The molecule has 4 N–H and O–H groups in total. The van der Waals surface area contributed by atoms with E-state index in [-0.39, 0.29) is 11.7 Å². The highest BCUT2D eigenvalue weighted by Crippen LogP contribution is 2.25. The van der Waals surface area contributed by atoms with Crippen LogP contribution in [0.25, 0.3) is 0 Å². The highest BCUT2D eigenvalue weighted by atomic mass is 32.1. The van der Waals surface area contributed by atoms with E-state index in [1.54, 1.807) is 12.1 Å². The van der Waals surface area contributed by atoms with E-state index in [1.807, 2.05) is 0 Å². The first-order valence-electron chi connectivity index (χ1n) is 5.98. The lowest BCUT2D eigenvalue weighted by Gasteiger charge is -2.07. The van der Waals surface area contributed by atoms with Crippen LogP contribution >= 0.6 is 12.2 Å². The predicted molar refractivity (Wildman–Crippen MR) is 77.6 cm³/mol. The number of thiocarbonyl (C=S) groups is 1. The van der Waals surface area contributed by atoms with Gasteiger partial charge in [-0.25, -0.2) is 0 Å². The monoisotopic (exact) mass is 282 g/mol. The van der Waals surface area contributed by atoms with E-state index < -0.39 is 0 Å². The molecule has 0 unspecified atom stereocenters. The third-order valence-corrected chi connectivity index (χ3v) is 2.78. The second-order valence-corrected chi connectivity index (χ2v) is 4.59. The second-order valence-electron chi connectivity index (χ2n) is 4.07. The SMILES string of the molecule is COc1ccc(C(=O)NCCCCC(N)=S)cc1O. The summed E-state index contributed by atoms with van der Waals surface area (Å²) in [7, 11) is 1.46. The molecule has 0 fully saturated rings. The van der Waals surface area contributed by atoms with Gasteiger partial charge < -0.3 is 20.9 Å². The van der Waals surface area contributed by atoms with Gasteiger partial charge in [-0.1, -0.05) is 12.2 Å². The van der Waals surface area contributed by atoms with Crippen LogP contribution in [0.3, 0.4) is 0 Å². The molecule has 0 radical (unpaired) electrons. The average Bonchev–Trinajstić information content (AvgIpc) is 2.37. The first-order valence-corrected chi connectivity index (χ1v) is 6.39. The topological polar surface area (TPSA) is 84.6 Å². The summed E-state index contributed by atoms with van der Waals surface area (Å²) in [5.74, 6) is 0.0601. The number of hydrogen-bond acceptors (Lipinski definition) is 4. The van der Waals surface area contributed by atoms with Crippen LogP contribution in [-0.4, -0.2) is 29.7 Å². The van der Waals surface area contributed by atoms with Gasteiger partial charge in [-0.15, -0.1) is 0 Å².